The molecule has 1 amide bonds. The Hall–Kier alpha value is -2.44. The van der Waals surface area contributed by atoms with Gasteiger partial charge in [-0.25, -0.2) is 0 Å². The van der Waals surface area contributed by atoms with E-state index in [1.165, 1.54) is 25.0 Å². The molecule has 0 unspecified atom stereocenters. The standard InChI is InChI=1S/C21H25N3O3.ClH/c1-22(21(25)15-17-8-7-11-19(14-17)24(26)27)20(16-23-12-5-6-13-23)18-9-3-2-4-10-18;/h2-4,7-11,14,20H,5-6,12-13,15-16H2,1H3;1H/t20-;/m1./s1. The topological polar surface area (TPSA) is 66.7 Å². The number of non-ortho nitro benzene ring substituents is 1. The Bertz CT molecular complexity index is 794. The summed E-state index contributed by atoms with van der Waals surface area (Å²) in [5.41, 5.74) is 1.79. The van der Waals surface area contributed by atoms with Crippen molar-refractivity contribution in [1.82, 2.24) is 9.80 Å². The van der Waals surface area contributed by atoms with E-state index in [4.69, 9.17) is 0 Å². The summed E-state index contributed by atoms with van der Waals surface area (Å²) in [6.45, 7) is 2.94. The lowest BCUT2D eigenvalue weighted by molar-refractivity contribution is -0.384. The third-order valence-electron chi connectivity index (χ3n) is 5.15. The molecule has 1 aliphatic heterocycles. The molecule has 0 spiro atoms. The average Bonchev–Trinajstić information content (AvgIpc) is 3.19. The van der Waals surface area contributed by atoms with E-state index < -0.39 is 4.92 Å². The summed E-state index contributed by atoms with van der Waals surface area (Å²) in [6.07, 6.45) is 2.56. The van der Waals surface area contributed by atoms with E-state index in [-0.39, 0.29) is 36.5 Å². The number of nitro benzene ring substituents is 1. The normalized spacial score (nSPS) is 14.9. The molecule has 0 bridgehead atoms. The highest BCUT2D eigenvalue weighted by Gasteiger charge is 2.25. The summed E-state index contributed by atoms with van der Waals surface area (Å²) in [6, 6.07) is 16.3. The van der Waals surface area contributed by atoms with E-state index >= 15 is 0 Å². The summed E-state index contributed by atoms with van der Waals surface area (Å²) in [7, 11) is 1.83. The van der Waals surface area contributed by atoms with Gasteiger partial charge in [0.2, 0.25) is 5.91 Å². The predicted molar refractivity (Wildman–Crippen MR) is 112 cm³/mol. The second-order valence-corrected chi connectivity index (χ2v) is 7.04. The predicted octanol–water partition coefficient (Wildman–Crippen LogP) is 3.85. The zero-order valence-electron chi connectivity index (χ0n) is 16.0. The van der Waals surface area contributed by atoms with Gasteiger partial charge in [0.15, 0.2) is 0 Å². The number of benzene rings is 2. The first-order valence-corrected chi connectivity index (χ1v) is 9.31. The molecule has 0 saturated carbocycles. The molecule has 3 rings (SSSR count). The fourth-order valence-corrected chi connectivity index (χ4v) is 3.59. The Morgan fingerprint density at radius 3 is 2.46 bits per heavy atom. The molecule has 0 radical (unpaired) electrons. The Balaban J connectivity index is 0.00000280. The van der Waals surface area contributed by atoms with Crippen LogP contribution < -0.4 is 0 Å². The van der Waals surface area contributed by atoms with Gasteiger partial charge in [0.05, 0.1) is 17.4 Å². The second-order valence-electron chi connectivity index (χ2n) is 7.04. The highest BCUT2D eigenvalue weighted by molar-refractivity contribution is 5.85. The number of halogens is 1. The molecule has 1 saturated heterocycles. The third kappa shape index (κ3) is 5.53. The van der Waals surface area contributed by atoms with Crippen molar-refractivity contribution in [2.75, 3.05) is 26.7 Å². The van der Waals surface area contributed by atoms with E-state index in [9.17, 15) is 14.9 Å². The van der Waals surface area contributed by atoms with Gasteiger partial charge in [-0.05, 0) is 37.1 Å². The largest absolute Gasteiger partial charge is 0.337 e. The minimum Gasteiger partial charge on any atom is -0.337 e. The maximum Gasteiger partial charge on any atom is 0.269 e. The number of nitrogens with zero attached hydrogens (tertiary/aromatic N) is 3. The number of hydrogen-bond acceptors (Lipinski definition) is 4. The summed E-state index contributed by atoms with van der Waals surface area (Å²) in [4.78, 5) is 27.6. The van der Waals surface area contributed by atoms with Crippen molar-refractivity contribution in [1.29, 1.82) is 0 Å². The second kappa shape index (κ2) is 10.2. The van der Waals surface area contributed by atoms with Crippen LogP contribution in [-0.2, 0) is 11.2 Å². The SMILES string of the molecule is CN(C(=O)Cc1cccc([N+](=O)[O-])c1)[C@H](CN1CCCC1)c1ccccc1.Cl. The molecular weight excluding hydrogens is 378 g/mol. The lowest BCUT2D eigenvalue weighted by atomic mass is 10.0. The van der Waals surface area contributed by atoms with Gasteiger partial charge in [-0.1, -0.05) is 42.5 Å². The number of rotatable bonds is 7. The molecule has 28 heavy (non-hydrogen) atoms. The van der Waals surface area contributed by atoms with Gasteiger partial charge in [0, 0.05) is 25.7 Å². The Morgan fingerprint density at radius 2 is 1.82 bits per heavy atom. The number of likely N-dealkylation sites (N-methyl/N-ethyl adjacent to an activating group) is 1. The minimum absolute atomic E-state index is 0. The van der Waals surface area contributed by atoms with Gasteiger partial charge < -0.3 is 9.80 Å². The summed E-state index contributed by atoms with van der Waals surface area (Å²) >= 11 is 0. The number of amides is 1. The van der Waals surface area contributed by atoms with Crippen molar-refractivity contribution >= 4 is 24.0 Å². The van der Waals surface area contributed by atoms with Crippen LogP contribution in [0.15, 0.2) is 54.6 Å². The van der Waals surface area contributed by atoms with Crippen LogP contribution in [0.5, 0.6) is 0 Å². The fraction of sp³-hybridized carbons (Fsp3) is 0.381. The van der Waals surface area contributed by atoms with E-state index in [1.54, 1.807) is 17.0 Å². The first-order chi connectivity index (χ1) is 13.0. The molecule has 1 atom stereocenters. The van der Waals surface area contributed by atoms with Gasteiger partial charge in [-0.15, -0.1) is 12.4 Å². The van der Waals surface area contributed by atoms with Gasteiger partial charge in [0.25, 0.3) is 5.69 Å². The van der Waals surface area contributed by atoms with Crippen LogP contribution >= 0.6 is 12.4 Å². The maximum atomic E-state index is 12.9. The molecule has 1 fully saturated rings. The summed E-state index contributed by atoms with van der Waals surface area (Å²) < 4.78 is 0. The third-order valence-corrected chi connectivity index (χ3v) is 5.15. The Morgan fingerprint density at radius 1 is 1.14 bits per heavy atom. The van der Waals surface area contributed by atoms with Crippen LogP contribution in [0.4, 0.5) is 5.69 Å². The van der Waals surface area contributed by atoms with Crippen molar-refractivity contribution < 1.29 is 9.72 Å². The number of likely N-dealkylation sites (tertiary alicyclic amines) is 1. The Kier molecular flexibility index (Phi) is 7.96. The van der Waals surface area contributed by atoms with Crippen LogP contribution in [0.1, 0.15) is 30.0 Å². The van der Waals surface area contributed by atoms with E-state index in [0.29, 0.717) is 5.56 Å². The molecule has 1 heterocycles. The number of carbonyl (C=O) groups is 1. The van der Waals surface area contributed by atoms with Gasteiger partial charge in [0.1, 0.15) is 0 Å². The average molecular weight is 404 g/mol. The monoisotopic (exact) mass is 403 g/mol. The minimum atomic E-state index is -0.433. The number of carbonyl (C=O) groups excluding carboxylic acids is 1. The molecule has 2 aromatic rings. The lowest BCUT2D eigenvalue weighted by Gasteiger charge is -2.32. The smallest absolute Gasteiger partial charge is 0.269 e. The van der Waals surface area contributed by atoms with E-state index in [0.717, 1.165) is 25.2 Å². The Labute approximate surface area is 171 Å². The first-order valence-electron chi connectivity index (χ1n) is 9.31. The van der Waals surface area contributed by atoms with Gasteiger partial charge >= 0.3 is 0 Å². The maximum absolute atomic E-state index is 12.9. The van der Waals surface area contributed by atoms with Crippen molar-refractivity contribution in [3.05, 3.63) is 75.8 Å². The molecule has 0 aromatic heterocycles. The van der Waals surface area contributed by atoms with Crippen LogP contribution in [0.25, 0.3) is 0 Å². The van der Waals surface area contributed by atoms with Crippen LogP contribution in [0, 0.1) is 10.1 Å². The molecular formula is C21H26ClN3O3. The number of nitro groups is 1. The quantitative estimate of drug-likeness (QED) is 0.520. The zero-order chi connectivity index (χ0) is 19.2. The van der Waals surface area contributed by atoms with E-state index in [2.05, 4.69) is 17.0 Å². The van der Waals surface area contributed by atoms with Crippen molar-refractivity contribution in [2.45, 2.75) is 25.3 Å². The molecule has 150 valence electrons. The van der Waals surface area contributed by atoms with E-state index in [1.807, 2.05) is 25.2 Å². The summed E-state index contributed by atoms with van der Waals surface area (Å²) in [5.74, 6) is -0.0384. The fourth-order valence-electron chi connectivity index (χ4n) is 3.59. The van der Waals surface area contributed by atoms with Gasteiger partial charge in [-0.3, -0.25) is 14.9 Å². The highest BCUT2D eigenvalue weighted by atomic mass is 35.5. The molecule has 1 aliphatic rings. The van der Waals surface area contributed by atoms with Gasteiger partial charge in [-0.2, -0.15) is 0 Å². The van der Waals surface area contributed by atoms with Crippen LogP contribution in [0.2, 0.25) is 0 Å². The molecule has 7 heteroatoms. The summed E-state index contributed by atoms with van der Waals surface area (Å²) in [5, 5.41) is 11.0. The van der Waals surface area contributed by atoms with Crippen LogP contribution in [-0.4, -0.2) is 47.3 Å². The highest BCUT2D eigenvalue weighted by Crippen LogP contribution is 2.24. The van der Waals surface area contributed by atoms with Crippen molar-refractivity contribution in [2.24, 2.45) is 0 Å². The van der Waals surface area contributed by atoms with Crippen molar-refractivity contribution in [3.8, 4) is 0 Å². The molecule has 2 aromatic carbocycles. The lowest BCUT2D eigenvalue weighted by Crippen LogP contribution is -2.39. The molecule has 6 nitrogen and oxygen atoms in total. The molecule has 0 N–H and O–H groups in total. The number of hydrogen-bond donors (Lipinski definition) is 0. The van der Waals surface area contributed by atoms with Crippen molar-refractivity contribution in [3.63, 3.8) is 0 Å². The molecule has 0 aliphatic carbocycles. The first kappa shape index (κ1) is 21.9. The zero-order valence-corrected chi connectivity index (χ0v) is 16.8. The van der Waals surface area contributed by atoms with Crippen LogP contribution in [0.3, 0.4) is 0 Å².